The third kappa shape index (κ3) is 1.93. The van der Waals surface area contributed by atoms with Crippen molar-refractivity contribution in [3.63, 3.8) is 0 Å². The molecule has 0 bridgehead atoms. The number of nitrogens with one attached hydrogen (secondary N) is 2. The Hall–Kier alpha value is -1.76. The van der Waals surface area contributed by atoms with Gasteiger partial charge in [0.25, 0.3) is 0 Å². The molecule has 0 fully saturated rings. The average molecular weight is 249 g/mol. The van der Waals surface area contributed by atoms with Crippen LogP contribution in [0.4, 0.5) is 0 Å². The van der Waals surface area contributed by atoms with E-state index in [1.54, 1.807) is 36.7 Å². The molecule has 0 radical (unpaired) electrons. The lowest BCUT2D eigenvalue weighted by Gasteiger charge is -2.31. The lowest BCUT2D eigenvalue weighted by atomic mass is 10.2. The van der Waals surface area contributed by atoms with E-state index in [9.17, 15) is 9.11 Å². The summed E-state index contributed by atoms with van der Waals surface area (Å²) < 4.78 is 20.0. The highest BCUT2D eigenvalue weighted by molar-refractivity contribution is 8.38. The summed E-state index contributed by atoms with van der Waals surface area (Å²) in [7, 11) is -3.40. The van der Waals surface area contributed by atoms with Crippen LogP contribution in [-0.2, 0) is 0 Å². The molecule has 1 heterocycles. The van der Waals surface area contributed by atoms with Gasteiger partial charge in [0.05, 0.1) is 11.1 Å². The van der Waals surface area contributed by atoms with Crippen molar-refractivity contribution in [1.82, 2.24) is 4.98 Å². The summed E-state index contributed by atoms with van der Waals surface area (Å²) in [5.41, 5.74) is 0. The summed E-state index contributed by atoms with van der Waals surface area (Å²) in [5.74, 6) is 0. The van der Waals surface area contributed by atoms with Gasteiger partial charge in [-0.05, 0) is 12.1 Å². The molecule has 1 aromatic heterocycles. The lowest BCUT2D eigenvalue weighted by Crippen LogP contribution is -2.11. The van der Waals surface area contributed by atoms with Crippen molar-refractivity contribution in [2.45, 2.75) is 4.90 Å². The van der Waals surface area contributed by atoms with Gasteiger partial charge in [-0.2, -0.15) is 0 Å². The van der Waals surface area contributed by atoms with Crippen LogP contribution in [0, 0.1) is 10.8 Å². The molecule has 17 heavy (non-hydrogen) atoms. The smallest absolute Gasteiger partial charge is 0.162 e. The van der Waals surface area contributed by atoms with E-state index >= 15 is 0 Å². The first-order chi connectivity index (χ1) is 8.07. The number of hydrogen-bond donors (Lipinski definition) is 4. The SMILES string of the molecule is N=CC(=N)S(O)(O)c1cccc2cnccc12. The van der Waals surface area contributed by atoms with Crippen molar-refractivity contribution in [2.75, 3.05) is 0 Å². The third-order valence-electron chi connectivity index (χ3n) is 2.39. The van der Waals surface area contributed by atoms with Crippen molar-refractivity contribution in [1.29, 1.82) is 10.8 Å². The molecule has 88 valence electrons. The minimum absolute atomic E-state index is 0.255. The summed E-state index contributed by atoms with van der Waals surface area (Å²) in [5, 5.41) is 15.3. The Morgan fingerprint density at radius 2 is 2.06 bits per heavy atom. The van der Waals surface area contributed by atoms with Crippen molar-refractivity contribution >= 4 is 32.6 Å². The van der Waals surface area contributed by atoms with Gasteiger partial charge in [0, 0.05) is 23.2 Å². The molecule has 2 aromatic rings. The van der Waals surface area contributed by atoms with Gasteiger partial charge in [0.1, 0.15) is 0 Å². The van der Waals surface area contributed by atoms with Gasteiger partial charge in [-0.3, -0.25) is 19.5 Å². The largest absolute Gasteiger partial charge is 0.305 e. The molecule has 0 aliphatic heterocycles. The number of nitrogens with zero attached hydrogens (tertiary/aromatic N) is 1. The van der Waals surface area contributed by atoms with Crippen LogP contribution in [0.3, 0.4) is 0 Å². The van der Waals surface area contributed by atoms with Gasteiger partial charge in [-0.25, -0.2) is 0 Å². The summed E-state index contributed by atoms with van der Waals surface area (Å²) in [6.45, 7) is 0. The van der Waals surface area contributed by atoms with Crippen molar-refractivity contribution in [2.24, 2.45) is 0 Å². The number of rotatable bonds is 2. The van der Waals surface area contributed by atoms with E-state index in [2.05, 4.69) is 4.98 Å². The molecule has 0 spiro atoms. The predicted octanol–water partition coefficient (Wildman–Crippen LogP) is 2.97. The fourth-order valence-electron chi connectivity index (χ4n) is 1.54. The second kappa shape index (κ2) is 4.25. The average Bonchev–Trinajstić information content (AvgIpc) is 2.37. The highest BCUT2D eigenvalue weighted by atomic mass is 32.3. The molecule has 2 rings (SSSR count). The fourth-order valence-corrected chi connectivity index (χ4v) is 2.70. The highest BCUT2D eigenvalue weighted by Crippen LogP contribution is 2.51. The zero-order valence-electron chi connectivity index (χ0n) is 8.79. The number of pyridine rings is 1. The third-order valence-corrected chi connectivity index (χ3v) is 4.09. The zero-order valence-corrected chi connectivity index (χ0v) is 9.61. The van der Waals surface area contributed by atoms with Crippen LogP contribution in [0.5, 0.6) is 0 Å². The van der Waals surface area contributed by atoms with Crippen molar-refractivity contribution < 1.29 is 9.11 Å². The number of benzene rings is 1. The van der Waals surface area contributed by atoms with Gasteiger partial charge in [-0.15, -0.1) is 10.6 Å². The number of aromatic nitrogens is 1. The first-order valence-corrected chi connectivity index (χ1v) is 6.32. The first-order valence-electron chi connectivity index (χ1n) is 4.77. The Morgan fingerprint density at radius 1 is 1.29 bits per heavy atom. The van der Waals surface area contributed by atoms with Crippen LogP contribution in [0.25, 0.3) is 10.8 Å². The zero-order chi connectivity index (χ0) is 12.5. The molecule has 0 saturated heterocycles. The standard InChI is InChI=1S/C11H11N3O2S/c12-6-11(13)17(15,16)10-3-1-2-8-7-14-5-4-9(8)10/h1-7,12-13,15-16H. The maximum atomic E-state index is 10.00. The minimum Gasteiger partial charge on any atom is -0.305 e. The molecule has 0 unspecified atom stereocenters. The maximum absolute atomic E-state index is 10.00. The van der Waals surface area contributed by atoms with Gasteiger partial charge in [0.2, 0.25) is 0 Å². The van der Waals surface area contributed by atoms with Gasteiger partial charge < -0.3 is 5.41 Å². The molecule has 4 N–H and O–H groups in total. The maximum Gasteiger partial charge on any atom is 0.162 e. The molecule has 6 heteroatoms. The van der Waals surface area contributed by atoms with Gasteiger partial charge in [-0.1, -0.05) is 12.1 Å². The first kappa shape index (κ1) is 11.7. The van der Waals surface area contributed by atoms with Crippen LogP contribution in [0.2, 0.25) is 0 Å². The molecule has 0 aliphatic rings. The van der Waals surface area contributed by atoms with E-state index < -0.39 is 15.6 Å². The van der Waals surface area contributed by atoms with E-state index in [-0.39, 0.29) is 4.90 Å². The Balaban J connectivity index is 2.71. The summed E-state index contributed by atoms with van der Waals surface area (Å²) in [4.78, 5) is 4.20. The Labute approximate surface area is 99.5 Å². The van der Waals surface area contributed by atoms with Crippen molar-refractivity contribution in [3.05, 3.63) is 36.7 Å². The second-order valence-corrected chi connectivity index (χ2v) is 5.39. The molecule has 0 aliphatic carbocycles. The topological polar surface area (TPSA) is 101 Å². The predicted molar refractivity (Wildman–Crippen MR) is 69.4 cm³/mol. The fraction of sp³-hybridized carbons (Fsp3) is 0. The van der Waals surface area contributed by atoms with Crippen LogP contribution in [-0.4, -0.2) is 25.3 Å². The van der Waals surface area contributed by atoms with Crippen molar-refractivity contribution in [3.8, 4) is 0 Å². The van der Waals surface area contributed by atoms with Gasteiger partial charge in [0.15, 0.2) is 5.04 Å². The Kier molecular flexibility index (Phi) is 2.93. The Bertz CT molecular complexity index is 593. The Morgan fingerprint density at radius 3 is 2.76 bits per heavy atom. The molecule has 5 nitrogen and oxygen atoms in total. The van der Waals surface area contributed by atoms with E-state index in [4.69, 9.17) is 10.8 Å². The van der Waals surface area contributed by atoms with Crippen LogP contribution in [0.15, 0.2) is 41.6 Å². The van der Waals surface area contributed by atoms with E-state index in [0.717, 1.165) is 5.39 Å². The molecule has 1 aromatic carbocycles. The quantitative estimate of drug-likeness (QED) is 0.486. The van der Waals surface area contributed by atoms with E-state index in [1.165, 1.54) is 0 Å². The number of fused-ring (bicyclic) bond motifs is 1. The summed E-state index contributed by atoms with van der Waals surface area (Å²) in [6, 6.07) is 6.69. The normalized spacial score (nSPS) is 12.4. The number of hydrogen-bond acceptors (Lipinski definition) is 5. The van der Waals surface area contributed by atoms with E-state index in [0.29, 0.717) is 11.6 Å². The van der Waals surface area contributed by atoms with Crippen LogP contribution < -0.4 is 0 Å². The minimum atomic E-state index is -3.40. The molecule has 0 saturated carbocycles. The van der Waals surface area contributed by atoms with E-state index in [1.807, 2.05) is 0 Å². The van der Waals surface area contributed by atoms with Crippen LogP contribution in [0.1, 0.15) is 0 Å². The monoisotopic (exact) mass is 249 g/mol. The van der Waals surface area contributed by atoms with Crippen LogP contribution >= 0.6 is 10.6 Å². The van der Waals surface area contributed by atoms with Gasteiger partial charge >= 0.3 is 0 Å². The molecular formula is C11H11N3O2S. The summed E-state index contributed by atoms with van der Waals surface area (Å²) >= 11 is 0. The summed E-state index contributed by atoms with van der Waals surface area (Å²) in [6.07, 6.45) is 3.81. The highest BCUT2D eigenvalue weighted by Gasteiger charge is 2.22. The second-order valence-electron chi connectivity index (χ2n) is 3.41. The molecule has 0 atom stereocenters. The molecular weight excluding hydrogens is 238 g/mol. The lowest BCUT2D eigenvalue weighted by molar-refractivity contribution is 0.505. The molecule has 0 amide bonds.